The third kappa shape index (κ3) is 6.55. The quantitative estimate of drug-likeness (QED) is 0.135. The van der Waals surface area contributed by atoms with Crippen LogP contribution >= 0.6 is 23.4 Å². The summed E-state index contributed by atoms with van der Waals surface area (Å²) in [5, 5.41) is 23.9. The highest BCUT2D eigenvalue weighted by molar-refractivity contribution is 7.99. The van der Waals surface area contributed by atoms with Gasteiger partial charge in [-0.1, -0.05) is 65.8 Å². The number of sulfonamides is 1. The van der Waals surface area contributed by atoms with Crippen molar-refractivity contribution in [1.29, 1.82) is 0 Å². The Bertz CT molecular complexity index is 1480. The second kappa shape index (κ2) is 11.4. The van der Waals surface area contributed by atoms with Crippen LogP contribution in [0.3, 0.4) is 0 Å². The molecular weight excluding hydrogens is 524 g/mol. The summed E-state index contributed by atoms with van der Waals surface area (Å²) in [5.74, 6) is 0. The summed E-state index contributed by atoms with van der Waals surface area (Å²) in [7, 11) is -3.78. The van der Waals surface area contributed by atoms with Gasteiger partial charge in [0.2, 0.25) is 15.2 Å². The van der Waals surface area contributed by atoms with E-state index in [0.717, 1.165) is 5.56 Å². The first-order valence-electron chi connectivity index (χ1n) is 10.5. The van der Waals surface area contributed by atoms with Gasteiger partial charge in [0, 0.05) is 29.3 Å². The van der Waals surface area contributed by atoms with Crippen molar-refractivity contribution in [3.63, 3.8) is 0 Å². The molecule has 4 rings (SSSR count). The molecule has 0 fully saturated rings. The van der Waals surface area contributed by atoms with Crippen molar-refractivity contribution in [3.05, 3.63) is 111 Å². The monoisotopic (exact) mass is 542 g/mol. The van der Waals surface area contributed by atoms with E-state index in [9.17, 15) is 18.5 Å². The van der Waals surface area contributed by atoms with Gasteiger partial charge >= 0.3 is 0 Å². The summed E-state index contributed by atoms with van der Waals surface area (Å²) in [6.07, 6.45) is 2.86. The summed E-state index contributed by atoms with van der Waals surface area (Å²) >= 11 is 7.15. The van der Waals surface area contributed by atoms with Crippen molar-refractivity contribution in [2.45, 2.75) is 15.3 Å². The number of rotatable bonds is 10. The van der Waals surface area contributed by atoms with Crippen LogP contribution in [-0.2, 0) is 10.0 Å². The molecule has 0 radical (unpaired) electrons. The average Bonchev–Trinajstić information content (AvgIpc) is 3.33. The molecule has 0 saturated carbocycles. The molecular formula is C23H19ClN6O4S2. The molecule has 36 heavy (non-hydrogen) atoms. The lowest BCUT2D eigenvalue weighted by atomic mass is 10.1. The second-order valence-corrected chi connectivity index (χ2v) is 10.8. The van der Waals surface area contributed by atoms with Crippen LogP contribution < -0.4 is 4.72 Å². The van der Waals surface area contributed by atoms with Crippen LogP contribution in [0.5, 0.6) is 0 Å². The first-order chi connectivity index (χ1) is 17.3. The summed E-state index contributed by atoms with van der Waals surface area (Å²) < 4.78 is 29.7. The molecule has 4 aromatic rings. The second-order valence-electron chi connectivity index (χ2n) is 7.38. The number of halogens is 1. The zero-order chi connectivity index (χ0) is 25.5. The van der Waals surface area contributed by atoms with E-state index < -0.39 is 14.9 Å². The van der Waals surface area contributed by atoms with E-state index in [-0.39, 0.29) is 22.4 Å². The molecule has 1 N–H and O–H groups in total. The van der Waals surface area contributed by atoms with Crippen LogP contribution in [-0.4, -0.2) is 41.0 Å². The highest BCUT2D eigenvalue weighted by Gasteiger charge is 2.21. The van der Waals surface area contributed by atoms with Crippen LogP contribution in [0, 0.1) is 10.1 Å². The smallest absolute Gasteiger partial charge is 0.258 e. The third-order valence-corrected chi connectivity index (χ3v) is 7.81. The van der Waals surface area contributed by atoms with E-state index >= 15 is 0 Å². The largest absolute Gasteiger partial charge is 0.270 e. The van der Waals surface area contributed by atoms with Gasteiger partial charge in [-0.2, -0.15) is 9.78 Å². The fourth-order valence-electron chi connectivity index (χ4n) is 3.13. The Morgan fingerprint density at radius 3 is 2.58 bits per heavy atom. The molecule has 184 valence electrons. The van der Waals surface area contributed by atoms with Gasteiger partial charge in [0.05, 0.1) is 21.3 Å². The molecule has 3 aromatic carbocycles. The predicted octanol–water partition coefficient (Wildman–Crippen LogP) is 4.53. The van der Waals surface area contributed by atoms with Crippen molar-refractivity contribution in [2.24, 2.45) is 5.10 Å². The summed E-state index contributed by atoms with van der Waals surface area (Å²) in [5.41, 5.74) is 1.36. The van der Waals surface area contributed by atoms with E-state index in [0.29, 0.717) is 15.7 Å². The van der Waals surface area contributed by atoms with Crippen LogP contribution in [0.1, 0.15) is 16.4 Å². The van der Waals surface area contributed by atoms with Gasteiger partial charge in [-0.3, -0.25) is 10.1 Å². The molecule has 0 saturated heterocycles. The van der Waals surface area contributed by atoms with Gasteiger partial charge in [-0.05, 0) is 29.8 Å². The van der Waals surface area contributed by atoms with Crippen molar-refractivity contribution in [3.8, 4) is 0 Å². The fraction of sp³-hybridized carbons (Fsp3) is 0.0870. The lowest BCUT2D eigenvalue weighted by molar-refractivity contribution is -0.384. The van der Waals surface area contributed by atoms with E-state index in [1.54, 1.807) is 12.1 Å². The number of nitrogens with zero attached hydrogens (tertiary/aromatic N) is 5. The van der Waals surface area contributed by atoms with E-state index in [2.05, 4.69) is 20.0 Å². The van der Waals surface area contributed by atoms with Gasteiger partial charge in [0.1, 0.15) is 6.33 Å². The van der Waals surface area contributed by atoms with Crippen molar-refractivity contribution in [2.75, 3.05) is 6.54 Å². The number of nitro groups is 1. The maximum Gasteiger partial charge on any atom is 0.270 e. The Kier molecular flexibility index (Phi) is 8.10. The lowest BCUT2D eigenvalue weighted by Gasteiger charge is -2.17. The molecule has 0 aliphatic heterocycles. The van der Waals surface area contributed by atoms with Crippen LogP contribution in [0.25, 0.3) is 0 Å². The molecule has 13 heteroatoms. The van der Waals surface area contributed by atoms with Crippen molar-refractivity contribution < 1.29 is 13.3 Å². The van der Waals surface area contributed by atoms with Crippen LogP contribution in [0.4, 0.5) is 5.69 Å². The first-order valence-corrected chi connectivity index (χ1v) is 13.2. The molecule has 0 aliphatic carbocycles. The standard InChI is InChI=1S/C23H19ClN6O4S2/c24-19-9-11-21(12-10-19)36(33,34)27-15-22(18-6-2-1-3-7-18)35-23-28-25-16-29(23)26-14-17-5-4-8-20(13-17)30(31)32/h1-14,16,22,27H,15H2/b26-14-. The lowest BCUT2D eigenvalue weighted by Crippen LogP contribution is -2.27. The number of aromatic nitrogens is 3. The van der Waals surface area contributed by atoms with Gasteiger partial charge in [0.25, 0.3) is 5.69 Å². The molecule has 1 heterocycles. The molecule has 0 amide bonds. The minimum absolute atomic E-state index is 0.0468. The maximum absolute atomic E-state index is 12.8. The number of nitro benzene ring substituents is 1. The Balaban J connectivity index is 1.54. The molecule has 0 aliphatic rings. The zero-order valence-electron chi connectivity index (χ0n) is 18.5. The molecule has 10 nitrogen and oxygen atoms in total. The number of nitrogens with one attached hydrogen (secondary N) is 1. The van der Waals surface area contributed by atoms with Gasteiger partial charge in [-0.25, -0.2) is 13.1 Å². The normalized spacial score (nSPS) is 12.6. The average molecular weight is 543 g/mol. The van der Waals surface area contributed by atoms with Gasteiger partial charge in [-0.15, -0.1) is 10.2 Å². The minimum Gasteiger partial charge on any atom is -0.258 e. The number of thioether (sulfide) groups is 1. The van der Waals surface area contributed by atoms with Gasteiger partial charge in [0.15, 0.2) is 0 Å². The van der Waals surface area contributed by atoms with Gasteiger partial charge < -0.3 is 0 Å². The number of benzene rings is 3. The minimum atomic E-state index is -3.78. The number of non-ortho nitro benzene ring substituents is 1. The molecule has 1 aromatic heterocycles. The summed E-state index contributed by atoms with van der Waals surface area (Å²) in [4.78, 5) is 10.6. The number of hydrogen-bond donors (Lipinski definition) is 1. The Morgan fingerprint density at radius 1 is 1.11 bits per heavy atom. The summed E-state index contributed by atoms with van der Waals surface area (Å²) in [6.45, 7) is 0.0705. The Hall–Kier alpha value is -3.58. The molecule has 0 spiro atoms. The fourth-order valence-corrected chi connectivity index (χ4v) is 5.42. The van der Waals surface area contributed by atoms with Crippen LogP contribution in [0.15, 0.2) is 100 Å². The number of hydrogen-bond acceptors (Lipinski definition) is 8. The third-order valence-electron chi connectivity index (χ3n) is 4.91. The molecule has 1 unspecified atom stereocenters. The Morgan fingerprint density at radius 2 is 1.86 bits per heavy atom. The molecule has 1 atom stereocenters. The summed E-state index contributed by atoms with van der Waals surface area (Å²) in [6, 6.07) is 21.3. The van der Waals surface area contributed by atoms with E-state index in [1.165, 1.54) is 65.4 Å². The van der Waals surface area contributed by atoms with E-state index in [4.69, 9.17) is 11.6 Å². The van der Waals surface area contributed by atoms with Crippen LogP contribution in [0.2, 0.25) is 5.02 Å². The first kappa shape index (κ1) is 25.5. The van der Waals surface area contributed by atoms with Crippen molar-refractivity contribution in [1.82, 2.24) is 19.6 Å². The SMILES string of the molecule is O=[N+]([O-])c1cccc(/C=N\n2cnnc2SC(CNS(=O)(=O)c2ccc(Cl)cc2)c2ccccc2)c1. The highest BCUT2D eigenvalue weighted by atomic mass is 35.5. The predicted molar refractivity (Wildman–Crippen MR) is 138 cm³/mol. The topological polar surface area (TPSA) is 132 Å². The van der Waals surface area contributed by atoms with Crippen molar-refractivity contribution >= 4 is 45.3 Å². The highest BCUT2D eigenvalue weighted by Crippen LogP contribution is 2.34. The zero-order valence-corrected chi connectivity index (χ0v) is 20.9. The molecule has 0 bridgehead atoms. The maximum atomic E-state index is 12.8. The Labute approximate surface area is 216 Å². The van der Waals surface area contributed by atoms with E-state index in [1.807, 2.05) is 30.3 Å².